The van der Waals surface area contributed by atoms with E-state index in [0.717, 1.165) is 31.3 Å². The Bertz CT molecular complexity index is 430. The number of carbonyl (C=O) groups is 2. The van der Waals surface area contributed by atoms with Gasteiger partial charge in [-0.05, 0) is 38.5 Å². The number of halogens is 3. The van der Waals surface area contributed by atoms with Crippen LogP contribution in [-0.4, -0.2) is 42.0 Å². The second kappa shape index (κ2) is 6.49. The molecule has 2 amide bonds. The lowest BCUT2D eigenvalue weighted by atomic mass is 10.0. The lowest BCUT2D eigenvalue weighted by Crippen LogP contribution is -2.49. The maximum atomic E-state index is 12.2. The van der Waals surface area contributed by atoms with Crippen LogP contribution in [0.2, 0.25) is 0 Å². The maximum Gasteiger partial charge on any atom is 0.471 e. The first-order chi connectivity index (χ1) is 9.86. The summed E-state index contributed by atoms with van der Waals surface area (Å²) >= 11 is 0. The summed E-state index contributed by atoms with van der Waals surface area (Å²) in [6.45, 7) is 0.761. The zero-order valence-electron chi connectivity index (χ0n) is 11.7. The van der Waals surface area contributed by atoms with Crippen LogP contribution in [-0.2, 0) is 9.59 Å². The summed E-state index contributed by atoms with van der Waals surface area (Å²) < 4.78 is 36.5. The third-order valence-corrected chi connectivity index (χ3v) is 3.97. The number of carbonyl (C=O) groups excluding carboxylic acids is 2. The Balaban J connectivity index is 1.79. The average molecular weight is 304 g/mol. The lowest BCUT2D eigenvalue weighted by Gasteiger charge is -2.32. The molecule has 0 aromatic carbocycles. The molecule has 118 valence electrons. The summed E-state index contributed by atoms with van der Waals surface area (Å²) in [7, 11) is 0. The second-order valence-corrected chi connectivity index (χ2v) is 5.58. The number of piperidine rings is 1. The van der Waals surface area contributed by atoms with Crippen LogP contribution < -0.4 is 5.32 Å². The molecule has 1 heterocycles. The lowest BCUT2D eigenvalue weighted by molar-refractivity contribution is -0.174. The first-order valence-corrected chi connectivity index (χ1v) is 7.22. The molecule has 7 heteroatoms. The molecule has 0 unspecified atom stereocenters. The quantitative estimate of drug-likeness (QED) is 0.795. The third kappa shape index (κ3) is 4.47. The number of likely N-dealkylation sites (tertiary alicyclic amines) is 1. The number of allylic oxidation sites excluding steroid dienone is 1. The number of alkyl halides is 3. The Kier molecular flexibility index (Phi) is 4.90. The Morgan fingerprint density at radius 3 is 2.24 bits per heavy atom. The van der Waals surface area contributed by atoms with Crippen molar-refractivity contribution in [2.45, 2.75) is 50.7 Å². The monoisotopic (exact) mass is 304 g/mol. The van der Waals surface area contributed by atoms with E-state index in [-0.39, 0.29) is 5.91 Å². The van der Waals surface area contributed by atoms with Gasteiger partial charge in [0.25, 0.3) is 0 Å². The molecule has 0 aromatic heterocycles. The van der Waals surface area contributed by atoms with Gasteiger partial charge in [-0.1, -0.05) is 5.57 Å². The smallest absolute Gasteiger partial charge is 0.345 e. The van der Waals surface area contributed by atoms with Crippen LogP contribution in [0.3, 0.4) is 0 Å². The van der Waals surface area contributed by atoms with Crippen molar-refractivity contribution in [1.29, 1.82) is 0 Å². The molecule has 1 saturated heterocycles. The van der Waals surface area contributed by atoms with Crippen LogP contribution in [0, 0.1) is 0 Å². The highest BCUT2D eigenvalue weighted by Crippen LogP contribution is 2.24. The minimum Gasteiger partial charge on any atom is -0.345 e. The van der Waals surface area contributed by atoms with Gasteiger partial charge in [0, 0.05) is 25.2 Å². The van der Waals surface area contributed by atoms with Crippen molar-refractivity contribution in [3.05, 3.63) is 11.6 Å². The van der Waals surface area contributed by atoms with Crippen molar-refractivity contribution < 1.29 is 22.8 Å². The van der Waals surface area contributed by atoms with E-state index < -0.39 is 18.1 Å². The summed E-state index contributed by atoms with van der Waals surface area (Å²) in [5, 5.41) is 1.97. The fraction of sp³-hybridized carbons (Fsp3) is 0.714. The highest BCUT2D eigenvalue weighted by Gasteiger charge is 2.40. The molecule has 0 spiro atoms. The number of amides is 2. The summed E-state index contributed by atoms with van der Waals surface area (Å²) in [5.74, 6) is -1.96. The predicted octanol–water partition coefficient (Wildman–Crippen LogP) is 2.16. The first-order valence-electron chi connectivity index (χ1n) is 7.22. The molecule has 1 N–H and O–H groups in total. The Labute approximate surface area is 121 Å². The van der Waals surface area contributed by atoms with Gasteiger partial charge in [0.2, 0.25) is 5.91 Å². The summed E-state index contributed by atoms with van der Waals surface area (Å²) in [5.41, 5.74) is 1.16. The molecule has 0 bridgehead atoms. The molecule has 1 aliphatic heterocycles. The number of rotatable bonds is 2. The van der Waals surface area contributed by atoms with Gasteiger partial charge in [-0.15, -0.1) is 0 Å². The molecular weight excluding hydrogens is 285 g/mol. The van der Waals surface area contributed by atoms with E-state index in [2.05, 4.69) is 0 Å². The van der Waals surface area contributed by atoms with Gasteiger partial charge in [0.1, 0.15) is 0 Å². The van der Waals surface area contributed by atoms with Gasteiger partial charge < -0.3 is 10.2 Å². The van der Waals surface area contributed by atoms with E-state index in [1.165, 1.54) is 0 Å². The molecule has 2 fully saturated rings. The van der Waals surface area contributed by atoms with Crippen molar-refractivity contribution in [2.75, 3.05) is 13.1 Å². The highest BCUT2D eigenvalue weighted by molar-refractivity contribution is 5.88. The van der Waals surface area contributed by atoms with Gasteiger partial charge in [-0.3, -0.25) is 9.59 Å². The number of nitrogens with one attached hydrogen (secondary N) is 1. The van der Waals surface area contributed by atoms with Crippen molar-refractivity contribution in [3.63, 3.8) is 0 Å². The summed E-state index contributed by atoms with van der Waals surface area (Å²) in [4.78, 5) is 24.5. The largest absolute Gasteiger partial charge is 0.471 e. The van der Waals surface area contributed by atoms with E-state index >= 15 is 0 Å². The van der Waals surface area contributed by atoms with Crippen LogP contribution >= 0.6 is 0 Å². The number of hydrogen-bond donors (Lipinski definition) is 1. The molecule has 21 heavy (non-hydrogen) atoms. The zero-order chi connectivity index (χ0) is 15.5. The molecule has 0 atom stereocenters. The van der Waals surface area contributed by atoms with E-state index in [1.54, 1.807) is 11.0 Å². The molecule has 2 rings (SSSR count). The molecule has 1 saturated carbocycles. The minimum absolute atomic E-state index is 0.0625. The number of nitrogens with zero attached hydrogens (tertiary/aromatic N) is 1. The Morgan fingerprint density at radius 1 is 1.14 bits per heavy atom. The van der Waals surface area contributed by atoms with Gasteiger partial charge in [-0.25, -0.2) is 0 Å². The summed E-state index contributed by atoms with van der Waals surface area (Å²) in [6.07, 6.45) is 1.69. The molecule has 1 aliphatic carbocycles. The zero-order valence-corrected chi connectivity index (χ0v) is 11.7. The first kappa shape index (κ1) is 15.9. The topological polar surface area (TPSA) is 49.4 Å². The number of hydrogen-bond acceptors (Lipinski definition) is 2. The fourth-order valence-electron chi connectivity index (χ4n) is 2.75. The van der Waals surface area contributed by atoms with Crippen LogP contribution in [0.1, 0.15) is 38.5 Å². The van der Waals surface area contributed by atoms with E-state index in [0.29, 0.717) is 25.9 Å². The highest BCUT2D eigenvalue weighted by atomic mass is 19.4. The standard InChI is InChI=1S/C14H19F3N2O2/c15-14(16,17)13(21)18-11-5-7-19(8-6-11)12(20)9-10-3-1-2-4-10/h9,11H,1-8H2,(H,18,21). The molecule has 0 radical (unpaired) electrons. The molecule has 0 aromatic rings. The van der Waals surface area contributed by atoms with Crippen molar-refractivity contribution in [1.82, 2.24) is 10.2 Å². The fourth-order valence-corrected chi connectivity index (χ4v) is 2.75. The van der Waals surface area contributed by atoms with Crippen LogP contribution in [0.4, 0.5) is 13.2 Å². The van der Waals surface area contributed by atoms with Gasteiger partial charge in [0.05, 0.1) is 0 Å². The van der Waals surface area contributed by atoms with Crippen molar-refractivity contribution in [2.24, 2.45) is 0 Å². The maximum absolute atomic E-state index is 12.2. The van der Waals surface area contributed by atoms with Gasteiger partial charge in [0.15, 0.2) is 0 Å². The summed E-state index contributed by atoms with van der Waals surface area (Å²) in [6, 6.07) is -0.512. The van der Waals surface area contributed by atoms with E-state index in [9.17, 15) is 22.8 Å². The van der Waals surface area contributed by atoms with E-state index in [4.69, 9.17) is 0 Å². The van der Waals surface area contributed by atoms with E-state index in [1.807, 2.05) is 5.32 Å². The van der Waals surface area contributed by atoms with Crippen LogP contribution in [0.5, 0.6) is 0 Å². The Morgan fingerprint density at radius 2 is 1.71 bits per heavy atom. The normalized spacial score (nSPS) is 20.5. The van der Waals surface area contributed by atoms with Crippen LogP contribution in [0.25, 0.3) is 0 Å². The Hall–Kier alpha value is -1.53. The average Bonchev–Trinajstić information content (AvgIpc) is 2.91. The second-order valence-electron chi connectivity index (χ2n) is 5.58. The van der Waals surface area contributed by atoms with Crippen LogP contribution in [0.15, 0.2) is 11.6 Å². The SMILES string of the molecule is O=C(C=C1CCCC1)N1CCC(NC(=O)C(F)(F)F)CC1. The molecule has 2 aliphatic rings. The molecular formula is C14H19F3N2O2. The van der Waals surface area contributed by atoms with Crippen molar-refractivity contribution >= 4 is 11.8 Å². The third-order valence-electron chi connectivity index (χ3n) is 3.97. The van der Waals surface area contributed by atoms with Gasteiger partial charge >= 0.3 is 12.1 Å². The predicted molar refractivity (Wildman–Crippen MR) is 70.4 cm³/mol. The minimum atomic E-state index is -4.85. The van der Waals surface area contributed by atoms with Crippen molar-refractivity contribution in [3.8, 4) is 0 Å². The van der Waals surface area contributed by atoms with Gasteiger partial charge in [-0.2, -0.15) is 13.2 Å². The molecule has 4 nitrogen and oxygen atoms in total.